The van der Waals surface area contributed by atoms with Crippen molar-refractivity contribution in [1.82, 2.24) is 5.32 Å². The number of nitrogens with two attached hydrogens (primary N) is 1. The lowest BCUT2D eigenvalue weighted by atomic mass is 10.1. The molecule has 0 saturated carbocycles. The van der Waals surface area contributed by atoms with Gasteiger partial charge in [0.05, 0.1) is 0 Å². The lowest BCUT2D eigenvalue weighted by molar-refractivity contribution is 0.0529. The van der Waals surface area contributed by atoms with Gasteiger partial charge < -0.3 is 15.8 Å². The number of hydrogen-bond donors (Lipinski definition) is 2. The molecule has 1 rings (SSSR count). The number of carbonyl (C=O) groups excluding carboxylic acids is 1. The van der Waals surface area contributed by atoms with Gasteiger partial charge in [-0.3, -0.25) is 0 Å². The zero-order chi connectivity index (χ0) is 15.2. The van der Waals surface area contributed by atoms with Gasteiger partial charge in [0.25, 0.3) is 0 Å². The number of benzene rings is 1. The van der Waals surface area contributed by atoms with Crippen LogP contribution in [0.25, 0.3) is 6.08 Å². The minimum atomic E-state index is -0.509. The lowest BCUT2D eigenvalue weighted by Crippen LogP contribution is -2.32. The van der Waals surface area contributed by atoms with Crippen LogP contribution in [0.5, 0.6) is 0 Å². The van der Waals surface area contributed by atoms with Crippen molar-refractivity contribution in [2.24, 2.45) is 0 Å². The van der Waals surface area contributed by atoms with Gasteiger partial charge in [-0.05, 0) is 45.4 Å². The van der Waals surface area contributed by atoms with Gasteiger partial charge in [0.1, 0.15) is 11.4 Å². The molecule has 0 spiro atoms. The standard InChI is InChI=1S/C15H21FN2O2/c1-15(2,3)20-14(19)18-9-5-4-6-11-10-12(17)7-8-13(11)16/h4,6-8,10H,5,9,17H2,1-3H3,(H,18,19). The Balaban J connectivity index is 2.36. The van der Waals surface area contributed by atoms with Crippen LogP contribution < -0.4 is 11.1 Å². The van der Waals surface area contributed by atoms with Gasteiger partial charge in [-0.1, -0.05) is 12.2 Å². The van der Waals surface area contributed by atoms with Crippen molar-refractivity contribution >= 4 is 17.9 Å². The first-order valence-corrected chi connectivity index (χ1v) is 6.46. The zero-order valence-corrected chi connectivity index (χ0v) is 12.1. The summed E-state index contributed by atoms with van der Waals surface area (Å²) in [5.74, 6) is -0.324. The van der Waals surface area contributed by atoms with E-state index in [1.54, 1.807) is 39.0 Å². The highest BCUT2D eigenvalue weighted by molar-refractivity contribution is 5.67. The molecule has 0 atom stereocenters. The number of nitrogen functional groups attached to an aromatic ring is 1. The molecule has 0 saturated heterocycles. The molecular formula is C15H21FN2O2. The number of nitrogens with one attached hydrogen (secondary N) is 1. The van der Waals surface area contributed by atoms with Gasteiger partial charge in [0.2, 0.25) is 0 Å². The van der Waals surface area contributed by atoms with E-state index in [0.717, 1.165) is 0 Å². The summed E-state index contributed by atoms with van der Waals surface area (Å²) in [5.41, 5.74) is 6.02. The maximum Gasteiger partial charge on any atom is 0.407 e. The van der Waals surface area contributed by atoms with Crippen LogP contribution in [-0.4, -0.2) is 18.2 Å². The highest BCUT2D eigenvalue weighted by Crippen LogP contribution is 2.13. The maximum atomic E-state index is 13.4. The Morgan fingerprint density at radius 2 is 2.15 bits per heavy atom. The number of carbonyl (C=O) groups is 1. The van der Waals surface area contributed by atoms with E-state index in [2.05, 4.69) is 5.32 Å². The summed E-state index contributed by atoms with van der Waals surface area (Å²) in [6.45, 7) is 5.83. The molecule has 1 aromatic carbocycles. The third-order valence-electron chi connectivity index (χ3n) is 2.30. The maximum absolute atomic E-state index is 13.4. The number of rotatable bonds is 4. The fraction of sp³-hybridized carbons (Fsp3) is 0.400. The smallest absolute Gasteiger partial charge is 0.407 e. The van der Waals surface area contributed by atoms with E-state index in [4.69, 9.17) is 10.5 Å². The molecule has 4 nitrogen and oxygen atoms in total. The Morgan fingerprint density at radius 3 is 2.80 bits per heavy atom. The van der Waals surface area contributed by atoms with Gasteiger partial charge in [0.15, 0.2) is 0 Å². The monoisotopic (exact) mass is 280 g/mol. The van der Waals surface area contributed by atoms with Gasteiger partial charge in [-0.2, -0.15) is 0 Å². The number of alkyl carbamates (subject to hydrolysis) is 1. The molecule has 0 radical (unpaired) electrons. The zero-order valence-electron chi connectivity index (χ0n) is 12.1. The van der Waals surface area contributed by atoms with Gasteiger partial charge >= 0.3 is 6.09 Å². The van der Waals surface area contributed by atoms with E-state index in [0.29, 0.717) is 24.2 Å². The van der Waals surface area contributed by atoms with Crippen LogP contribution in [0.4, 0.5) is 14.9 Å². The Labute approximate surface area is 118 Å². The lowest BCUT2D eigenvalue weighted by Gasteiger charge is -2.19. The third-order valence-corrected chi connectivity index (χ3v) is 2.30. The summed E-state index contributed by atoms with van der Waals surface area (Å²) in [4.78, 5) is 11.4. The number of ether oxygens (including phenoxy) is 1. The van der Waals surface area contributed by atoms with E-state index in [1.165, 1.54) is 12.1 Å². The Morgan fingerprint density at radius 1 is 1.45 bits per heavy atom. The first-order chi connectivity index (χ1) is 9.28. The molecule has 5 heteroatoms. The van der Waals surface area contributed by atoms with Crippen molar-refractivity contribution in [3.05, 3.63) is 35.7 Å². The molecule has 0 aromatic heterocycles. The molecule has 0 aliphatic heterocycles. The number of anilines is 1. The van der Waals surface area contributed by atoms with Crippen molar-refractivity contribution in [3.8, 4) is 0 Å². The van der Waals surface area contributed by atoms with E-state index in [-0.39, 0.29) is 5.82 Å². The van der Waals surface area contributed by atoms with E-state index < -0.39 is 11.7 Å². The van der Waals surface area contributed by atoms with Crippen LogP contribution >= 0.6 is 0 Å². The quantitative estimate of drug-likeness (QED) is 0.656. The molecule has 0 unspecified atom stereocenters. The average Bonchev–Trinajstić information content (AvgIpc) is 2.30. The second-order valence-electron chi connectivity index (χ2n) is 5.40. The summed E-state index contributed by atoms with van der Waals surface area (Å²) < 4.78 is 18.5. The first-order valence-electron chi connectivity index (χ1n) is 6.46. The summed E-state index contributed by atoms with van der Waals surface area (Å²) in [6.07, 6.45) is 3.53. The van der Waals surface area contributed by atoms with E-state index in [9.17, 15) is 9.18 Å². The third kappa shape index (κ3) is 6.22. The predicted octanol–water partition coefficient (Wildman–Crippen LogP) is 3.34. The number of halogens is 1. The van der Waals surface area contributed by atoms with Crippen molar-refractivity contribution in [3.63, 3.8) is 0 Å². The number of hydrogen-bond acceptors (Lipinski definition) is 3. The molecule has 110 valence electrons. The van der Waals surface area contributed by atoms with Crippen LogP contribution in [0.15, 0.2) is 24.3 Å². The molecule has 0 bridgehead atoms. The van der Waals surface area contributed by atoms with E-state index >= 15 is 0 Å². The van der Waals surface area contributed by atoms with Crippen LogP contribution in [0.2, 0.25) is 0 Å². The van der Waals surface area contributed by atoms with Crippen molar-refractivity contribution in [2.75, 3.05) is 12.3 Å². The van der Waals surface area contributed by atoms with Crippen LogP contribution in [-0.2, 0) is 4.74 Å². The molecule has 20 heavy (non-hydrogen) atoms. The Kier molecular flexibility index (Phi) is 5.55. The molecule has 0 aliphatic carbocycles. The molecule has 0 heterocycles. The van der Waals surface area contributed by atoms with Gasteiger partial charge in [-0.15, -0.1) is 0 Å². The topological polar surface area (TPSA) is 64.3 Å². The predicted molar refractivity (Wildman–Crippen MR) is 78.7 cm³/mol. The summed E-state index contributed by atoms with van der Waals surface area (Å²) in [6, 6.07) is 4.40. The average molecular weight is 280 g/mol. The van der Waals surface area contributed by atoms with Gasteiger partial charge in [0, 0.05) is 17.8 Å². The minimum Gasteiger partial charge on any atom is -0.444 e. The second-order valence-corrected chi connectivity index (χ2v) is 5.40. The van der Waals surface area contributed by atoms with Crippen LogP contribution in [0.1, 0.15) is 32.8 Å². The van der Waals surface area contributed by atoms with Crippen molar-refractivity contribution in [2.45, 2.75) is 32.8 Å². The second kappa shape index (κ2) is 6.93. The summed E-state index contributed by atoms with van der Waals surface area (Å²) in [7, 11) is 0. The van der Waals surface area contributed by atoms with Crippen LogP contribution in [0.3, 0.4) is 0 Å². The highest BCUT2D eigenvalue weighted by atomic mass is 19.1. The number of amides is 1. The highest BCUT2D eigenvalue weighted by Gasteiger charge is 2.15. The Bertz CT molecular complexity index is 493. The first kappa shape index (κ1) is 16.0. The Hall–Kier alpha value is -2.04. The largest absolute Gasteiger partial charge is 0.444 e. The van der Waals surface area contributed by atoms with Crippen molar-refractivity contribution in [1.29, 1.82) is 0 Å². The fourth-order valence-electron chi connectivity index (χ4n) is 1.47. The van der Waals surface area contributed by atoms with Crippen molar-refractivity contribution < 1.29 is 13.9 Å². The molecular weight excluding hydrogens is 259 g/mol. The molecule has 1 aromatic rings. The molecule has 3 N–H and O–H groups in total. The molecule has 0 aliphatic rings. The van der Waals surface area contributed by atoms with Gasteiger partial charge in [-0.25, -0.2) is 9.18 Å². The normalized spacial score (nSPS) is 11.6. The summed E-state index contributed by atoms with van der Waals surface area (Å²) >= 11 is 0. The molecule has 1 amide bonds. The summed E-state index contributed by atoms with van der Waals surface area (Å²) in [5, 5.41) is 2.62. The minimum absolute atomic E-state index is 0.324. The van der Waals surface area contributed by atoms with Crippen LogP contribution in [0, 0.1) is 5.82 Å². The van der Waals surface area contributed by atoms with E-state index in [1.807, 2.05) is 0 Å². The SMILES string of the molecule is CC(C)(C)OC(=O)NCCC=Cc1cc(N)ccc1F. The molecule has 0 fully saturated rings. The fourth-order valence-corrected chi connectivity index (χ4v) is 1.47.